The van der Waals surface area contributed by atoms with Crippen molar-refractivity contribution in [3.8, 4) is 11.5 Å². The van der Waals surface area contributed by atoms with E-state index < -0.39 is 6.10 Å². The van der Waals surface area contributed by atoms with Gasteiger partial charge in [0.15, 0.2) is 0 Å². The van der Waals surface area contributed by atoms with Crippen molar-refractivity contribution in [3.63, 3.8) is 0 Å². The van der Waals surface area contributed by atoms with Crippen molar-refractivity contribution in [2.24, 2.45) is 0 Å². The summed E-state index contributed by atoms with van der Waals surface area (Å²) < 4.78 is 10.8. The predicted octanol–water partition coefficient (Wildman–Crippen LogP) is 3.66. The second kappa shape index (κ2) is 5.78. The highest BCUT2D eigenvalue weighted by Gasteiger charge is 2.30. The van der Waals surface area contributed by atoms with Crippen LogP contribution < -0.4 is 9.47 Å². The minimum atomic E-state index is -0.743. The Balaban J connectivity index is 2.08. The molecule has 0 bridgehead atoms. The van der Waals surface area contributed by atoms with E-state index in [-0.39, 0.29) is 0 Å². The number of rotatable bonds is 5. The third kappa shape index (κ3) is 2.61. The molecular weight excluding hydrogens is 264 g/mol. The van der Waals surface area contributed by atoms with E-state index in [2.05, 4.69) is 6.07 Å². The minimum Gasteiger partial charge on any atom is -0.496 e. The summed E-state index contributed by atoms with van der Waals surface area (Å²) in [7, 11) is 3.22. The smallest absolute Gasteiger partial charge is 0.128 e. The van der Waals surface area contributed by atoms with Gasteiger partial charge in [-0.2, -0.15) is 0 Å². The van der Waals surface area contributed by atoms with Crippen molar-refractivity contribution in [1.29, 1.82) is 0 Å². The van der Waals surface area contributed by atoms with E-state index in [4.69, 9.17) is 9.47 Å². The molecule has 2 aromatic carbocycles. The topological polar surface area (TPSA) is 38.7 Å². The van der Waals surface area contributed by atoms with Crippen LogP contribution in [0.15, 0.2) is 42.5 Å². The summed E-state index contributed by atoms with van der Waals surface area (Å²) in [5.74, 6) is 1.87. The van der Waals surface area contributed by atoms with Crippen LogP contribution in [0.3, 0.4) is 0 Å². The second-order valence-electron chi connectivity index (χ2n) is 5.38. The SMILES string of the molecule is COc1cccc(OC)c1C(O)c1ccccc1C1CC1. The van der Waals surface area contributed by atoms with Crippen LogP contribution in [0.4, 0.5) is 0 Å². The Labute approximate surface area is 125 Å². The predicted molar refractivity (Wildman–Crippen MR) is 82.0 cm³/mol. The molecule has 1 unspecified atom stereocenters. The standard InChI is InChI=1S/C18H20O3/c1-20-15-8-5-9-16(21-2)17(15)18(19)14-7-4-3-6-13(14)12-10-11-12/h3-9,12,18-19H,10-11H2,1-2H3. The number of benzene rings is 2. The first-order chi connectivity index (χ1) is 10.3. The van der Waals surface area contributed by atoms with Crippen molar-refractivity contribution in [1.82, 2.24) is 0 Å². The summed E-state index contributed by atoms with van der Waals surface area (Å²) in [5, 5.41) is 10.9. The van der Waals surface area contributed by atoms with Gasteiger partial charge in [-0.25, -0.2) is 0 Å². The van der Waals surface area contributed by atoms with Gasteiger partial charge in [0.2, 0.25) is 0 Å². The Morgan fingerprint density at radius 3 is 2.14 bits per heavy atom. The number of aliphatic hydroxyl groups excluding tert-OH is 1. The highest BCUT2D eigenvalue weighted by atomic mass is 16.5. The van der Waals surface area contributed by atoms with Crippen LogP contribution in [0.2, 0.25) is 0 Å². The number of hydrogen-bond donors (Lipinski definition) is 1. The Morgan fingerprint density at radius 1 is 0.952 bits per heavy atom. The Kier molecular flexibility index (Phi) is 3.84. The zero-order valence-electron chi connectivity index (χ0n) is 12.4. The molecule has 1 saturated carbocycles. The van der Waals surface area contributed by atoms with Crippen molar-refractivity contribution < 1.29 is 14.6 Å². The molecule has 1 aliphatic rings. The molecule has 0 amide bonds. The average molecular weight is 284 g/mol. The van der Waals surface area contributed by atoms with Gasteiger partial charge in [-0.15, -0.1) is 0 Å². The van der Waals surface area contributed by atoms with Gasteiger partial charge in [-0.1, -0.05) is 30.3 Å². The Bertz CT molecular complexity index is 610. The Hall–Kier alpha value is -2.00. The van der Waals surface area contributed by atoms with Gasteiger partial charge < -0.3 is 14.6 Å². The lowest BCUT2D eigenvalue weighted by atomic mass is 9.93. The lowest BCUT2D eigenvalue weighted by Crippen LogP contribution is -2.07. The summed E-state index contributed by atoms with van der Waals surface area (Å²) in [6.07, 6.45) is 1.66. The first-order valence-corrected chi connectivity index (χ1v) is 7.24. The van der Waals surface area contributed by atoms with E-state index in [1.807, 2.05) is 36.4 Å². The Morgan fingerprint density at radius 2 is 1.57 bits per heavy atom. The van der Waals surface area contributed by atoms with Gasteiger partial charge in [0.25, 0.3) is 0 Å². The van der Waals surface area contributed by atoms with Gasteiger partial charge in [-0.3, -0.25) is 0 Å². The molecule has 0 heterocycles. The van der Waals surface area contributed by atoms with E-state index in [9.17, 15) is 5.11 Å². The first kappa shape index (κ1) is 14.0. The fourth-order valence-corrected chi connectivity index (χ4v) is 2.83. The van der Waals surface area contributed by atoms with Crippen LogP contribution in [0.25, 0.3) is 0 Å². The van der Waals surface area contributed by atoms with E-state index in [0.717, 1.165) is 5.56 Å². The van der Waals surface area contributed by atoms with Crippen LogP contribution in [0.1, 0.15) is 41.6 Å². The molecule has 110 valence electrons. The van der Waals surface area contributed by atoms with Gasteiger partial charge in [-0.05, 0) is 42.0 Å². The molecule has 2 aromatic rings. The van der Waals surface area contributed by atoms with Gasteiger partial charge in [0.05, 0.1) is 19.8 Å². The van der Waals surface area contributed by atoms with E-state index >= 15 is 0 Å². The van der Waals surface area contributed by atoms with Crippen molar-refractivity contribution in [3.05, 3.63) is 59.2 Å². The quantitative estimate of drug-likeness (QED) is 0.910. The molecule has 1 N–H and O–H groups in total. The highest BCUT2D eigenvalue weighted by molar-refractivity contribution is 5.51. The van der Waals surface area contributed by atoms with Gasteiger partial charge >= 0.3 is 0 Å². The molecule has 3 heteroatoms. The molecule has 0 spiro atoms. The molecule has 0 radical (unpaired) electrons. The summed E-state index contributed by atoms with van der Waals surface area (Å²) >= 11 is 0. The van der Waals surface area contributed by atoms with Crippen LogP contribution in [-0.2, 0) is 0 Å². The lowest BCUT2D eigenvalue weighted by molar-refractivity contribution is 0.207. The van der Waals surface area contributed by atoms with Crippen LogP contribution in [-0.4, -0.2) is 19.3 Å². The fraction of sp³-hybridized carbons (Fsp3) is 0.333. The third-order valence-electron chi connectivity index (χ3n) is 4.05. The maximum absolute atomic E-state index is 10.9. The van der Waals surface area contributed by atoms with Gasteiger partial charge in [0.1, 0.15) is 17.6 Å². The van der Waals surface area contributed by atoms with E-state index in [1.54, 1.807) is 14.2 Å². The normalized spacial score (nSPS) is 15.6. The van der Waals surface area contributed by atoms with Crippen LogP contribution >= 0.6 is 0 Å². The molecule has 1 fully saturated rings. The zero-order chi connectivity index (χ0) is 14.8. The van der Waals surface area contributed by atoms with E-state index in [1.165, 1.54) is 18.4 Å². The van der Waals surface area contributed by atoms with Gasteiger partial charge in [0, 0.05) is 0 Å². The lowest BCUT2D eigenvalue weighted by Gasteiger charge is -2.20. The highest BCUT2D eigenvalue weighted by Crippen LogP contribution is 2.45. The number of methoxy groups -OCH3 is 2. The maximum Gasteiger partial charge on any atom is 0.128 e. The average Bonchev–Trinajstić information content (AvgIpc) is 3.38. The van der Waals surface area contributed by atoms with Crippen LogP contribution in [0, 0.1) is 0 Å². The summed E-state index contributed by atoms with van der Waals surface area (Å²) in [5.41, 5.74) is 2.87. The van der Waals surface area contributed by atoms with Crippen molar-refractivity contribution >= 4 is 0 Å². The molecule has 0 aliphatic heterocycles. The molecule has 1 atom stereocenters. The number of aliphatic hydroxyl groups is 1. The molecule has 3 rings (SSSR count). The van der Waals surface area contributed by atoms with Crippen LogP contribution in [0.5, 0.6) is 11.5 Å². The van der Waals surface area contributed by atoms with Crippen molar-refractivity contribution in [2.75, 3.05) is 14.2 Å². The molecule has 1 aliphatic carbocycles. The largest absolute Gasteiger partial charge is 0.496 e. The molecule has 0 aromatic heterocycles. The van der Waals surface area contributed by atoms with E-state index in [0.29, 0.717) is 23.0 Å². The second-order valence-corrected chi connectivity index (χ2v) is 5.38. The fourth-order valence-electron chi connectivity index (χ4n) is 2.83. The molecule has 0 saturated heterocycles. The summed E-state index contributed by atoms with van der Waals surface area (Å²) in [6, 6.07) is 13.7. The monoisotopic (exact) mass is 284 g/mol. The molecular formula is C18H20O3. The molecule has 21 heavy (non-hydrogen) atoms. The third-order valence-corrected chi connectivity index (χ3v) is 4.05. The first-order valence-electron chi connectivity index (χ1n) is 7.24. The number of hydrogen-bond acceptors (Lipinski definition) is 3. The van der Waals surface area contributed by atoms with Crippen molar-refractivity contribution in [2.45, 2.75) is 24.9 Å². The minimum absolute atomic E-state index is 0.580. The summed E-state index contributed by atoms with van der Waals surface area (Å²) in [6.45, 7) is 0. The summed E-state index contributed by atoms with van der Waals surface area (Å²) in [4.78, 5) is 0. The maximum atomic E-state index is 10.9. The number of ether oxygens (including phenoxy) is 2. The zero-order valence-corrected chi connectivity index (χ0v) is 12.4. The molecule has 3 nitrogen and oxygen atoms in total.